The summed E-state index contributed by atoms with van der Waals surface area (Å²) in [4.78, 5) is 0. The summed E-state index contributed by atoms with van der Waals surface area (Å²) < 4.78 is 41.2. The number of halogens is 6. The summed E-state index contributed by atoms with van der Waals surface area (Å²) in [5.41, 5.74) is 0.238. The number of hydrogen-bond donors (Lipinski definition) is 0. The zero-order valence-corrected chi connectivity index (χ0v) is 13.7. The first-order chi connectivity index (χ1) is 10.8. The Morgan fingerprint density at radius 1 is 0.870 bits per heavy atom. The number of aromatic nitrogens is 1. The lowest BCUT2D eigenvalue weighted by Gasteiger charge is -2.14. The van der Waals surface area contributed by atoms with E-state index < -0.39 is 11.9 Å². The fourth-order valence-corrected chi connectivity index (χ4v) is 3.12. The number of rotatable bonds is 2. The average Bonchev–Trinajstić information content (AvgIpc) is 2.79. The molecule has 0 aliphatic rings. The van der Waals surface area contributed by atoms with Crippen LogP contribution in [0.2, 0.25) is 15.1 Å². The van der Waals surface area contributed by atoms with Crippen LogP contribution in [0.1, 0.15) is 11.3 Å². The second-order valence-electron chi connectivity index (χ2n) is 5.05. The molecule has 0 saturated carbocycles. The maximum atomic E-state index is 13.3. The van der Waals surface area contributed by atoms with Gasteiger partial charge in [-0.2, -0.15) is 13.2 Å². The first-order valence-corrected chi connectivity index (χ1v) is 7.69. The molecule has 23 heavy (non-hydrogen) atoms. The van der Waals surface area contributed by atoms with Crippen LogP contribution in [-0.4, -0.2) is 4.57 Å². The molecule has 0 aliphatic heterocycles. The van der Waals surface area contributed by atoms with Crippen LogP contribution in [0.15, 0.2) is 42.5 Å². The molecule has 0 unspecified atom stereocenters. The molecule has 1 nitrogen and oxygen atoms in total. The van der Waals surface area contributed by atoms with E-state index in [4.69, 9.17) is 34.8 Å². The summed E-state index contributed by atoms with van der Waals surface area (Å²) in [5.74, 6) is 0. The van der Waals surface area contributed by atoms with Gasteiger partial charge in [0.1, 0.15) is 5.69 Å². The Morgan fingerprint density at radius 2 is 1.52 bits per heavy atom. The molecule has 0 amide bonds. The minimum atomic E-state index is -4.48. The highest BCUT2D eigenvalue weighted by Crippen LogP contribution is 2.36. The van der Waals surface area contributed by atoms with Crippen molar-refractivity contribution < 1.29 is 13.2 Å². The van der Waals surface area contributed by atoms with E-state index in [9.17, 15) is 13.2 Å². The zero-order chi connectivity index (χ0) is 16.8. The van der Waals surface area contributed by atoms with E-state index in [2.05, 4.69) is 0 Å². The number of hydrogen-bond acceptors (Lipinski definition) is 0. The smallest absolute Gasteiger partial charge is 0.332 e. The van der Waals surface area contributed by atoms with E-state index in [1.165, 1.54) is 16.7 Å². The first-order valence-electron chi connectivity index (χ1n) is 6.55. The molecular weight excluding hydrogens is 370 g/mol. The molecule has 3 rings (SSSR count). The Hall–Kier alpha value is -1.36. The van der Waals surface area contributed by atoms with E-state index >= 15 is 0 Å². The minimum absolute atomic E-state index is 0.0179. The van der Waals surface area contributed by atoms with E-state index in [1.54, 1.807) is 24.3 Å². The first kappa shape index (κ1) is 16.5. The molecule has 0 aliphatic carbocycles. The van der Waals surface area contributed by atoms with E-state index in [1.807, 2.05) is 0 Å². The summed E-state index contributed by atoms with van der Waals surface area (Å²) in [5, 5.41) is 1.56. The molecule has 1 aromatic heterocycles. The Bertz CT molecular complexity index is 884. The van der Waals surface area contributed by atoms with Gasteiger partial charge < -0.3 is 4.57 Å². The maximum absolute atomic E-state index is 13.3. The van der Waals surface area contributed by atoms with Crippen LogP contribution < -0.4 is 0 Å². The fraction of sp³-hybridized carbons (Fsp3) is 0.125. The molecule has 0 bridgehead atoms. The Morgan fingerprint density at radius 3 is 2.17 bits per heavy atom. The van der Waals surface area contributed by atoms with Gasteiger partial charge in [0.15, 0.2) is 0 Å². The Kier molecular flexibility index (Phi) is 4.25. The molecule has 0 N–H and O–H groups in total. The van der Waals surface area contributed by atoms with Gasteiger partial charge in [-0.3, -0.25) is 0 Å². The van der Waals surface area contributed by atoms with Crippen molar-refractivity contribution in [1.82, 2.24) is 4.57 Å². The van der Waals surface area contributed by atoms with Crippen molar-refractivity contribution in [2.45, 2.75) is 12.7 Å². The highest BCUT2D eigenvalue weighted by atomic mass is 35.5. The van der Waals surface area contributed by atoms with Crippen molar-refractivity contribution in [2.24, 2.45) is 0 Å². The van der Waals surface area contributed by atoms with Gasteiger partial charge in [-0.25, -0.2) is 0 Å². The third-order valence-corrected chi connectivity index (χ3v) is 4.32. The predicted octanol–water partition coefficient (Wildman–Crippen LogP) is 6.67. The summed E-state index contributed by atoms with van der Waals surface area (Å²) in [6.45, 7) is -0.0179. The number of benzene rings is 2. The van der Waals surface area contributed by atoms with Gasteiger partial charge in [-0.05, 0) is 42.0 Å². The molecular formula is C16H9Cl3F3N. The maximum Gasteiger partial charge on any atom is 0.431 e. The largest absolute Gasteiger partial charge is 0.431 e. The fourth-order valence-electron chi connectivity index (χ4n) is 2.47. The van der Waals surface area contributed by atoms with Crippen molar-refractivity contribution >= 4 is 45.7 Å². The molecule has 120 valence electrons. The van der Waals surface area contributed by atoms with Crippen LogP contribution in [0, 0.1) is 0 Å². The van der Waals surface area contributed by atoms with Crippen molar-refractivity contribution in [1.29, 1.82) is 0 Å². The lowest BCUT2D eigenvalue weighted by molar-refractivity contribution is -0.143. The number of nitrogens with zero attached hydrogens (tertiary/aromatic N) is 1. The molecule has 0 spiro atoms. The lowest BCUT2D eigenvalue weighted by atomic mass is 10.2. The normalized spacial score (nSPS) is 12.1. The molecule has 0 radical (unpaired) electrons. The van der Waals surface area contributed by atoms with Gasteiger partial charge in [0.25, 0.3) is 0 Å². The summed E-state index contributed by atoms with van der Waals surface area (Å²) in [7, 11) is 0. The zero-order valence-electron chi connectivity index (χ0n) is 11.5. The van der Waals surface area contributed by atoms with Gasteiger partial charge in [0, 0.05) is 32.5 Å². The van der Waals surface area contributed by atoms with Gasteiger partial charge in [-0.15, -0.1) is 0 Å². The topological polar surface area (TPSA) is 4.93 Å². The molecule has 0 atom stereocenters. The highest BCUT2D eigenvalue weighted by molar-refractivity contribution is 6.35. The second-order valence-corrected chi connectivity index (χ2v) is 6.33. The molecule has 0 fully saturated rings. The van der Waals surface area contributed by atoms with E-state index in [0.717, 1.165) is 6.07 Å². The lowest BCUT2D eigenvalue weighted by Crippen LogP contribution is -2.14. The standard InChI is InChI=1S/C16H9Cl3F3N/c17-11-3-4-14-10(5-11)6-15(16(20,21)22)23(14)8-9-1-2-12(18)7-13(9)19/h1-7H,8H2. The van der Waals surface area contributed by atoms with E-state index in [0.29, 0.717) is 31.5 Å². The molecule has 0 saturated heterocycles. The van der Waals surface area contributed by atoms with Crippen molar-refractivity contribution in [3.63, 3.8) is 0 Å². The minimum Gasteiger partial charge on any atom is -0.332 e. The van der Waals surface area contributed by atoms with Gasteiger partial charge in [-0.1, -0.05) is 40.9 Å². The predicted molar refractivity (Wildman–Crippen MR) is 87.5 cm³/mol. The van der Waals surface area contributed by atoms with Crippen LogP contribution in [0.5, 0.6) is 0 Å². The van der Waals surface area contributed by atoms with Gasteiger partial charge in [0.05, 0.1) is 0 Å². The van der Waals surface area contributed by atoms with Gasteiger partial charge in [0.2, 0.25) is 0 Å². The Balaban J connectivity index is 2.18. The SMILES string of the molecule is FC(F)(F)c1cc2cc(Cl)ccc2n1Cc1ccc(Cl)cc1Cl. The van der Waals surface area contributed by atoms with Crippen molar-refractivity contribution in [3.05, 3.63) is 68.8 Å². The van der Waals surface area contributed by atoms with Crippen LogP contribution in [-0.2, 0) is 12.7 Å². The summed E-state index contributed by atoms with van der Waals surface area (Å²) in [6, 6.07) is 10.4. The molecule has 1 heterocycles. The quantitative estimate of drug-likeness (QED) is 0.469. The summed E-state index contributed by atoms with van der Waals surface area (Å²) >= 11 is 17.8. The van der Waals surface area contributed by atoms with Crippen LogP contribution in [0.25, 0.3) is 10.9 Å². The van der Waals surface area contributed by atoms with Gasteiger partial charge >= 0.3 is 6.18 Å². The summed E-state index contributed by atoms with van der Waals surface area (Å²) in [6.07, 6.45) is -4.48. The average molecular weight is 379 g/mol. The number of fused-ring (bicyclic) bond motifs is 1. The van der Waals surface area contributed by atoms with Crippen LogP contribution >= 0.6 is 34.8 Å². The van der Waals surface area contributed by atoms with E-state index in [-0.39, 0.29) is 6.54 Å². The molecule has 2 aromatic carbocycles. The van der Waals surface area contributed by atoms with Crippen molar-refractivity contribution in [2.75, 3.05) is 0 Å². The monoisotopic (exact) mass is 377 g/mol. The highest BCUT2D eigenvalue weighted by Gasteiger charge is 2.35. The third kappa shape index (κ3) is 3.30. The number of alkyl halides is 3. The molecule has 3 aromatic rings. The van der Waals surface area contributed by atoms with Crippen LogP contribution in [0.3, 0.4) is 0 Å². The Labute approximate surface area is 145 Å². The third-order valence-electron chi connectivity index (χ3n) is 3.50. The molecule has 7 heteroatoms. The van der Waals surface area contributed by atoms with Crippen LogP contribution in [0.4, 0.5) is 13.2 Å². The second kappa shape index (κ2) is 5.93. The van der Waals surface area contributed by atoms with Crippen molar-refractivity contribution in [3.8, 4) is 0 Å².